The van der Waals surface area contributed by atoms with Crippen LogP contribution >= 0.6 is 0 Å². The van der Waals surface area contributed by atoms with E-state index in [0.717, 1.165) is 122 Å². The minimum Gasteiger partial charge on any atom is -0.462 e. The van der Waals surface area contributed by atoms with Crippen LogP contribution in [0.5, 0.6) is 0 Å². The summed E-state index contributed by atoms with van der Waals surface area (Å²) in [4.78, 5) is 38.0. The standard InChI is InChI=1S/C59H98O6/c1-4-7-10-13-16-19-22-24-26-28-30-32-33-35-37-40-43-46-49-52-58(61)64-55-56(54-63-57(60)51-48-45-42-39-21-18-15-12-9-6-3)65-59(62)53-50-47-44-41-38-36-34-31-29-27-25-23-20-17-14-11-8-5-2/h7,10,15-20,23-27,29,31,34,56H,4-6,8-9,11-14,21-22,28,30,32-33,35-55H2,1-3H3/b10-7-,18-15-,19-16-,20-17-,25-23-,26-24-,29-27-,34-31-. The zero-order chi connectivity index (χ0) is 47.2. The molecule has 0 rings (SSSR count). The number of ether oxygens (including phenoxy) is 3. The Morgan fingerprint density at radius 1 is 0.338 bits per heavy atom. The average Bonchev–Trinajstić information content (AvgIpc) is 3.30. The topological polar surface area (TPSA) is 78.9 Å². The Labute approximate surface area is 400 Å². The lowest BCUT2D eigenvalue weighted by Crippen LogP contribution is -2.30. The summed E-state index contributed by atoms with van der Waals surface area (Å²) in [5, 5.41) is 0. The Hall–Kier alpha value is -3.67. The molecule has 0 radical (unpaired) electrons. The van der Waals surface area contributed by atoms with E-state index < -0.39 is 6.10 Å². The van der Waals surface area contributed by atoms with Gasteiger partial charge in [0.15, 0.2) is 6.10 Å². The summed E-state index contributed by atoms with van der Waals surface area (Å²) >= 11 is 0. The predicted octanol–water partition coefficient (Wildman–Crippen LogP) is 17.8. The van der Waals surface area contributed by atoms with E-state index in [-0.39, 0.29) is 31.1 Å². The van der Waals surface area contributed by atoms with Crippen molar-refractivity contribution < 1.29 is 28.6 Å². The molecule has 0 saturated carbocycles. The molecule has 0 aliphatic rings. The Morgan fingerprint density at radius 2 is 0.677 bits per heavy atom. The summed E-state index contributed by atoms with van der Waals surface area (Å²) < 4.78 is 16.8. The van der Waals surface area contributed by atoms with Crippen molar-refractivity contribution in [1.82, 2.24) is 0 Å². The fraction of sp³-hybridized carbons (Fsp3) is 0.678. The molecule has 0 bridgehead atoms. The van der Waals surface area contributed by atoms with Crippen LogP contribution in [0.15, 0.2) is 97.2 Å². The maximum atomic E-state index is 12.8. The van der Waals surface area contributed by atoms with E-state index in [1.54, 1.807) is 0 Å². The summed E-state index contributed by atoms with van der Waals surface area (Å²) in [6.45, 7) is 6.41. The highest BCUT2D eigenvalue weighted by Crippen LogP contribution is 2.14. The third-order valence-electron chi connectivity index (χ3n) is 11.1. The monoisotopic (exact) mass is 903 g/mol. The fourth-order valence-electron chi connectivity index (χ4n) is 7.10. The second-order valence-electron chi connectivity index (χ2n) is 17.5. The minimum atomic E-state index is -0.797. The molecule has 65 heavy (non-hydrogen) atoms. The first-order valence-electron chi connectivity index (χ1n) is 26.8. The Balaban J connectivity index is 4.41. The van der Waals surface area contributed by atoms with Gasteiger partial charge in [-0.2, -0.15) is 0 Å². The van der Waals surface area contributed by atoms with Gasteiger partial charge in [0.1, 0.15) is 13.2 Å². The quantitative estimate of drug-likeness (QED) is 0.0199. The van der Waals surface area contributed by atoms with Gasteiger partial charge < -0.3 is 14.2 Å². The largest absolute Gasteiger partial charge is 0.462 e. The molecule has 0 fully saturated rings. The lowest BCUT2D eigenvalue weighted by atomic mass is 10.1. The molecule has 370 valence electrons. The van der Waals surface area contributed by atoms with Crippen LogP contribution in [-0.4, -0.2) is 37.2 Å². The SMILES string of the molecule is CC/C=C\C/C=C\C/C=C\CCCCCCCCCCCC(=O)OCC(COC(=O)CCCCCC/C=C\CCCC)OC(=O)CCCCCCC\C=C/C=C\C=C/C=C\CCCCC. The number of hydrogen-bond donors (Lipinski definition) is 0. The van der Waals surface area contributed by atoms with Crippen LogP contribution in [0, 0.1) is 0 Å². The number of carbonyl (C=O) groups is 3. The summed E-state index contributed by atoms with van der Waals surface area (Å²) in [6, 6.07) is 0. The smallest absolute Gasteiger partial charge is 0.306 e. The van der Waals surface area contributed by atoms with E-state index in [4.69, 9.17) is 14.2 Å². The molecule has 0 aromatic heterocycles. The fourth-order valence-corrected chi connectivity index (χ4v) is 7.10. The van der Waals surface area contributed by atoms with Crippen molar-refractivity contribution in [2.24, 2.45) is 0 Å². The van der Waals surface area contributed by atoms with Crippen molar-refractivity contribution in [3.05, 3.63) is 97.2 Å². The lowest BCUT2D eigenvalue weighted by molar-refractivity contribution is -0.167. The minimum absolute atomic E-state index is 0.0947. The van der Waals surface area contributed by atoms with E-state index in [1.165, 1.54) is 77.0 Å². The Kier molecular flexibility index (Phi) is 50.0. The first-order chi connectivity index (χ1) is 32.0. The van der Waals surface area contributed by atoms with E-state index in [0.29, 0.717) is 19.3 Å². The molecule has 0 aliphatic heterocycles. The summed E-state index contributed by atoms with van der Waals surface area (Å²) in [5.74, 6) is -0.939. The van der Waals surface area contributed by atoms with Gasteiger partial charge in [0.25, 0.3) is 0 Å². The molecule has 1 unspecified atom stereocenters. The van der Waals surface area contributed by atoms with Gasteiger partial charge in [-0.05, 0) is 96.3 Å². The Morgan fingerprint density at radius 3 is 1.14 bits per heavy atom. The van der Waals surface area contributed by atoms with Crippen LogP contribution in [0.4, 0.5) is 0 Å². The molecule has 6 nitrogen and oxygen atoms in total. The van der Waals surface area contributed by atoms with Crippen molar-refractivity contribution in [2.45, 2.75) is 245 Å². The van der Waals surface area contributed by atoms with Gasteiger partial charge in [-0.3, -0.25) is 14.4 Å². The molecular formula is C59H98O6. The van der Waals surface area contributed by atoms with Crippen LogP contribution in [-0.2, 0) is 28.6 Å². The summed E-state index contributed by atoms with van der Waals surface area (Å²) in [7, 11) is 0. The van der Waals surface area contributed by atoms with E-state index in [2.05, 4.69) is 118 Å². The highest BCUT2D eigenvalue weighted by molar-refractivity contribution is 5.71. The zero-order valence-corrected chi connectivity index (χ0v) is 42.2. The molecular weight excluding hydrogens is 805 g/mol. The maximum Gasteiger partial charge on any atom is 0.306 e. The van der Waals surface area contributed by atoms with Gasteiger partial charge >= 0.3 is 17.9 Å². The van der Waals surface area contributed by atoms with Crippen molar-refractivity contribution in [2.75, 3.05) is 13.2 Å². The Bertz CT molecular complexity index is 1310. The summed E-state index contributed by atoms with van der Waals surface area (Å²) in [5.41, 5.74) is 0. The van der Waals surface area contributed by atoms with E-state index in [9.17, 15) is 14.4 Å². The molecule has 6 heteroatoms. The first-order valence-corrected chi connectivity index (χ1v) is 26.8. The molecule has 0 spiro atoms. The van der Waals surface area contributed by atoms with Gasteiger partial charge in [-0.25, -0.2) is 0 Å². The van der Waals surface area contributed by atoms with Gasteiger partial charge in [0.05, 0.1) is 0 Å². The van der Waals surface area contributed by atoms with E-state index in [1.807, 2.05) is 0 Å². The molecule has 0 aromatic rings. The maximum absolute atomic E-state index is 12.8. The van der Waals surface area contributed by atoms with Crippen LogP contribution in [0.2, 0.25) is 0 Å². The van der Waals surface area contributed by atoms with Crippen LogP contribution in [0.25, 0.3) is 0 Å². The molecule has 0 N–H and O–H groups in total. The highest BCUT2D eigenvalue weighted by Gasteiger charge is 2.19. The molecule has 0 saturated heterocycles. The second kappa shape index (κ2) is 52.9. The van der Waals surface area contributed by atoms with Crippen molar-refractivity contribution in [3.63, 3.8) is 0 Å². The van der Waals surface area contributed by atoms with Gasteiger partial charge in [-0.1, -0.05) is 221 Å². The third kappa shape index (κ3) is 51.2. The summed E-state index contributed by atoms with van der Waals surface area (Å²) in [6.07, 6.45) is 69.6. The lowest BCUT2D eigenvalue weighted by Gasteiger charge is -2.18. The van der Waals surface area contributed by atoms with Gasteiger partial charge in [0, 0.05) is 19.3 Å². The van der Waals surface area contributed by atoms with Gasteiger partial charge in [-0.15, -0.1) is 0 Å². The number of carbonyl (C=O) groups excluding carboxylic acids is 3. The number of rotatable bonds is 47. The van der Waals surface area contributed by atoms with E-state index >= 15 is 0 Å². The molecule has 0 heterocycles. The first kappa shape index (κ1) is 61.3. The van der Waals surface area contributed by atoms with Crippen LogP contribution in [0.3, 0.4) is 0 Å². The number of unbranched alkanes of at least 4 members (excludes halogenated alkanes) is 23. The zero-order valence-electron chi connectivity index (χ0n) is 42.2. The van der Waals surface area contributed by atoms with Crippen molar-refractivity contribution >= 4 is 17.9 Å². The van der Waals surface area contributed by atoms with Gasteiger partial charge in [0.2, 0.25) is 0 Å². The average molecular weight is 903 g/mol. The third-order valence-corrected chi connectivity index (χ3v) is 11.1. The van der Waals surface area contributed by atoms with Crippen LogP contribution in [0.1, 0.15) is 239 Å². The van der Waals surface area contributed by atoms with Crippen LogP contribution < -0.4 is 0 Å². The second-order valence-corrected chi connectivity index (χ2v) is 17.5. The number of esters is 3. The normalized spacial score (nSPS) is 12.8. The predicted molar refractivity (Wildman–Crippen MR) is 279 cm³/mol. The number of hydrogen-bond acceptors (Lipinski definition) is 6. The number of allylic oxidation sites excluding steroid dienone is 16. The molecule has 0 aliphatic carbocycles. The molecule has 0 aromatic carbocycles. The molecule has 0 amide bonds. The molecule has 1 atom stereocenters. The van der Waals surface area contributed by atoms with Crippen molar-refractivity contribution in [1.29, 1.82) is 0 Å². The van der Waals surface area contributed by atoms with Crippen molar-refractivity contribution in [3.8, 4) is 0 Å². The highest BCUT2D eigenvalue weighted by atomic mass is 16.6.